The van der Waals surface area contributed by atoms with Gasteiger partial charge in [-0.2, -0.15) is 5.10 Å². The molecule has 2 N–H and O–H groups in total. The van der Waals surface area contributed by atoms with Crippen molar-refractivity contribution in [3.05, 3.63) is 48.6 Å². The zero-order chi connectivity index (χ0) is 16.9. The van der Waals surface area contributed by atoms with Gasteiger partial charge in [-0.1, -0.05) is 0 Å². The van der Waals surface area contributed by atoms with E-state index in [4.69, 9.17) is 9.52 Å². The average Bonchev–Trinajstić information content (AvgIpc) is 3.25. The van der Waals surface area contributed by atoms with E-state index in [1.165, 1.54) is 29.4 Å². The average molecular weight is 327 g/mol. The van der Waals surface area contributed by atoms with Crippen molar-refractivity contribution in [1.29, 1.82) is 0 Å². The van der Waals surface area contributed by atoms with Gasteiger partial charge in [-0.25, -0.2) is 14.8 Å². The number of nitrogens with one attached hydrogen (secondary N) is 1. The summed E-state index contributed by atoms with van der Waals surface area (Å²) >= 11 is 0. The third kappa shape index (κ3) is 3.64. The lowest BCUT2D eigenvalue weighted by molar-refractivity contribution is -0.116. The van der Waals surface area contributed by atoms with Gasteiger partial charge in [-0.05, 0) is 24.3 Å². The lowest BCUT2D eigenvalue weighted by atomic mass is 10.3. The first-order valence-corrected chi connectivity index (χ1v) is 7.05. The maximum atomic E-state index is 12.0. The van der Waals surface area contributed by atoms with E-state index in [1.807, 2.05) is 0 Å². The minimum Gasteiger partial charge on any atom is -0.476 e. The van der Waals surface area contributed by atoms with Crippen molar-refractivity contribution in [2.45, 2.75) is 13.0 Å². The molecule has 122 valence electrons. The molecule has 0 aliphatic heterocycles. The number of carboxylic acids is 1. The lowest BCUT2D eigenvalue weighted by Gasteiger charge is -2.05. The molecule has 0 aliphatic rings. The van der Waals surface area contributed by atoms with Gasteiger partial charge in [-0.3, -0.25) is 14.8 Å². The number of hydrogen-bond acceptors (Lipinski definition) is 6. The number of hydrogen-bond donors (Lipinski definition) is 2. The molecule has 3 aromatic rings. The quantitative estimate of drug-likeness (QED) is 0.705. The van der Waals surface area contributed by atoms with Crippen LogP contribution in [0.5, 0.6) is 0 Å². The van der Waals surface area contributed by atoms with Gasteiger partial charge in [0.1, 0.15) is 5.69 Å². The largest absolute Gasteiger partial charge is 0.476 e. The van der Waals surface area contributed by atoms with Gasteiger partial charge in [0.2, 0.25) is 11.9 Å². The summed E-state index contributed by atoms with van der Waals surface area (Å²) in [6, 6.07) is 6.54. The fourth-order valence-corrected chi connectivity index (χ4v) is 1.98. The van der Waals surface area contributed by atoms with Gasteiger partial charge in [-0.15, -0.1) is 0 Å². The van der Waals surface area contributed by atoms with Gasteiger partial charge < -0.3 is 9.52 Å². The normalized spacial score (nSPS) is 10.5. The zero-order valence-corrected chi connectivity index (χ0v) is 12.4. The Morgan fingerprint density at radius 1 is 1.29 bits per heavy atom. The Bertz CT molecular complexity index is 856. The molecule has 0 unspecified atom stereocenters. The zero-order valence-electron chi connectivity index (χ0n) is 12.4. The van der Waals surface area contributed by atoms with Gasteiger partial charge >= 0.3 is 5.97 Å². The highest BCUT2D eigenvalue weighted by Gasteiger charge is 2.10. The van der Waals surface area contributed by atoms with E-state index in [0.29, 0.717) is 11.5 Å². The molecule has 0 aliphatic carbocycles. The fourth-order valence-electron chi connectivity index (χ4n) is 1.98. The van der Waals surface area contributed by atoms with E-state index in [9.17, 15) is 9.59 Å². The summed E-state index contributed by atoms with van der Waals surface area (Å²) in [4.78, 5) is 30.9. The minimum absolute atomic E-state index is 0.0649. The second kappa shape index (κ2) is 6.73. The first-order chi connectivity index (χ1) is 11.6. The van der Waals surface area contributed by atoms with Gasteiger partial charge in [0.05, 0.1) is 6.26 Å². The standard InChI is InChI=1S/C15H13N5O4/c21-13(5-8-20-7-4-11(19-20)14(22)23)18-15-16-6-3-10(17-15)12-2-1-9-24-12/h1-4,6-7,9H,5,8H2,(H,22,23)(H,16,17,18,21). The Kier molecular flexibility index (Phi) is 4.32. The first kappa shape index (κ1) is 15.4. The van der Waals surface area contributed by atoms with Crippen LogP contribution < -0.4 is 5.32 Å². The molecule has 0 spiro atoms. The highest BCUT2D eigenvalue weighted by Crippen LogP contribution is 2.17. The predicted molar refractivity (Wildman–Crippen MR) is 82.2 cm³/mol. The van der Waals surface area contributed by atoms with Crippen LogP contribution in [0.4, 0.5) is 5.95 Å². The Morgan fingerprint density at radius 2 is 2.17 bits per heavy atom. The highest BCUT2D eigenvalue weighted by atomic mass is 16.4. The molecule has 9 nitrogen and oxygen atoms in total. The number of carbonyl (C=O) groups is 2. The smallest absolute Gasteiger partial charge is 0.356 e. The molecule has 0 radical (unpaired) electrons. The molecule has 1 amide bonds. The van der Waals surface area contributed by atoms with Crippen molar-refractivity contribution in [2.75, 3.05) is 5.32 Å². The van der Waals surface area contributed by atoms with Crippen molar-refractivity contribution >= 4 is 17.8 Å². The maximum Gasteiger partial charge on any atom is 0.356 e. The number of aromatic carboxylic acids is 1. The summed E-state index contributed by atoms with van der Waals surface area (Å²) in [6.07, 6.45) is 4.66. The molecule has 3 rings (SSSR count). The Hall–Kier alpha value is -3.49. The van der Waals surface area contributed by atoms with Crippen LogP contribution in [0.25, 0.3) is 11.5 Å². The molecule has 0 aromatic carbocycles. The molecular formula is C15H13N5O4. The number of aromatic nitrogens is 4. The van der Waals surface area contributed by atoms with Crippen molar-refractivity contribution in [3.8, 4) is 11.5 Å². The summed E-state index contributed by atoms with van der Waals surface area (Å²) in [5.74, 6) is -0.674. The fraction of sp³-hybridized carbons (Fsp3) is 0.133. The van der Waals surface area contributed by atoms with Crippen molar-refractivity contribution < 1.29 is 19.1 Å². The van der Waals surface area contributed by atoms with Crippen LogP contribution in [0.1, 0.15) is 16.9 Å². The Balaban J connectivity index is 1.58. The maximum absolute atomic E-state index is 12.0. The number of anilines is 1. The van der Waals surface area contributed by atoms with E-state index in [0.717, 1.165) is 0 Å². The number of amides is 1. The van der Waals surface area contributed by atoms with Gasteiger partial charge in [0.25, 0.3) is 0 Å². The van der Waals surface area contributed by atoms with Gasteiger partial charge in [0, 0.05) is 25.4 Å². The van der Waals surface area contributed by atoms with E-state index >= 15 is 0 Å². The van der Waals surface area contributed by atoms with Gasteiger partial charge in [0.15, 0.2) is 11.5 Å². The van der Waals surface area contributed by atoms with Crippen molar-refractivity contribution in [1.82, 2.24) is 19.7 Å². The number of nitrogens with zero attached hydrogens (tertiary/aromatic N) is 4. The van der Waals surface area contributed by atoms with Crippen LogP contribution in [0.3, 0.4) is 0 Å². The monoisotopic (exact) mass is 327 g/mol. The van der Waals surface area contributed by atoms with Crippen LogP contribution >= 0.6 is 0 Å². The number of carbonyl (C=O) groups excluding carboxylic acids is 1. The molecule has 24 heavy (non-hydrogen) atoms. The molecule has 0 atom stereocenters. The number of furan rings is 1. The molecule has 0 fully saturated rings. The minimum atomic E-state index is -1.11. The van der Waals surface area contributed by atoms with Crippen molar-refractivity contribution in [3.63, 3.8) is 0 Å². The predicted octanol–water partition coefficient (Wildman–Crippen LogP) is 1.66. The van der Waals surface area contributed by atoms with Crippen LogP contribution in [0.15, 0.2) is 47.3 Å². The summed E-state index contributed by atoms with van der Waals surface area (Å²) in [5.41, 5.74) is 0.494. The van der Waals surface area contributed by atoms with E-state index in [2.05, 4.69) is 20.4 Å². The van der Waals surface area contributed by atoms with Crippen molar-refractivity contribution in [2.24, 2.45) is 0 Å². The highest BCUT2D eigenvalue weighted by molar-refractivity contribution is 5.89. The first-order valence-electron chi connectivity index (χ1n) is 7.05. The summed E-state index contributed by atoms with van der Waals surface area (Å²) in [6.45, 7) is 0.247. The number of aryl methyl sites for hydroxylation is 1. The molecule has 0 bridgehead atoms. The molecule has 0 saturated carbocycles. The van der Waals surface area contributed by atoms with Crippen LogP contribution in [-0.2, 0) is 11.3 Å². The van der Waals surface area contributed by atoms with Crippen LogP contribution in [0, 0.1) is 0 Å². The van der Waals surface area contributed by atoms with E-state index < -0.39 is 5.97 Å². The molecule has 3 heterocycles. The van der Waals surface area contributed by atoms with Crippen LogP contribution in [0.2, 0.25) is 0 Å². The Morgan fingerprint density at radius 3 is 2.88 bits per heavy atom. The van der Waals surface area contributed by atoms with Crippen LogP contribution in [-0.4, -0.2) is 36.7 Å². The second-order valence-electron chi connectivity index (χ2n) is 4.81. The number of rotatable bonds is 6. The SMILES string of the molecule is O=C(CCn1ccc(C(=O)O)n1)Nc1nccc(-c2ccco2)n1. The molecule has 9 heteroatoms. The summed E-state index contributed by atoms with van der Waals surface area (Å²) < 4.78 is 6.64. The Labute approximate surface area is 136 Å². The third-order valence-corrected chi connectivity index (χ3v) is 3.11. The number of carboxylic acid groups (broad SMARTS) is 1. The summed E-state index contributed by atoms with van der Waals surface area (Å²) in [7, 11) is 0. The third-order valence-electron chi connectivity index (χ3n) is 3.11. The van der Waals surface area contributed by atoms with E-state index in [-0.39, 0.29) is 30.5 Å². The van der Waals surface area contributed by atoms with E-state index in [1.54, 1.807) is 18.2 Å². The lowest BCUT2D eigenvalue weighted by Crippen LogP contribution is -2.16. The molecule has 3 aromatic heterocycles. The molecule has 0 saturated heterocycles. The summed E-state index contributed by atoms with van der Waals surface area (Å²) in [5, 5.41) is 15.2. The topological polar surface area (TPSA) is 123 Å². The second-order valence-corrected chi connectivity index (χ2v) is 4.81. The molecular weight excluding hydrogens is 314 g/mol.